The SMILES string of the molecule is Cc1nc2c(C3(CO)CC3)c(NC(=O)Nc3cnc(-n4nccn4)c(C(F)(F)F)c3)cnc2s1. The van der Waals surface area contributed by atoms with Gasteiger partial charge in [0.15, 0.2) is 5.82 Å². The molecule has 0 aliphatic heterocycles. The van der Waals surface area contributed by atoms with Crippen LogP contribution in [0.2, 0.25) is 0 Å². The number of halogens is 3. The molecule has 0 bridgehead atoms. The topological polar surface area (TPSA) is 131 Å². The van der Waals surface area contributed by atoms with Gasteiger partial charge in [0, 0.05) is 11.0 Å². The van der Waals surface area contributed by atoms with Gasteiger partial charge in [0.1, 0.15) is 15.9 Å². The van der Waals surface area contributed by atoms with E-state index < -0.39 is 29.0 Å². The van der Waals surface area contributed by atoms with E-state index >= 15 is 0 Å². The molecular formula is C20H17F3N8O2S. The number of pyridine rings is 2. The summed E-state index contributed by atoms with van der Waals surface area (Å²) >= 11 is 1.40. The molecule has 4 aromatic heterocycles. The molecule has 1 aliphatic rings. The number of aliphatic hydroxyl groups is 1. The number of amides is 2. The van der Waals surface area contributed by atoms with Gasteiger partial charge < -0.3 is 15.7 Å². The number of nitrogens with one attached hydrogen (secondary N) is 2. The summed E-state index contributed by atoms with van der Waals surface area (Å²) in [6, 6.07) is -0.0314. The highest BCUT2D eigenvalue weighted by Crippen LogP contribution is 2.52. The van der Waals surface area contributed by atoms with Gasteiger partial charge in [-0.25, -0.2) is 19.7 Å². The zero-order valence-corrected chi connectivity index (χ0v) is 18.4. The van der Waals surface area contributed by atoms with Gasteiger partial charge in [-0.1, -0.05) is 11.3 Å². The first kappa shape index (κ1) is 22.2. The number of carbonyl (C=O) groups is 1. The lowest BCUT2D eigenvalue weighted by molar-refractivity contribution is -0.137. The molecule has 2 amide bonds. The summed E-state index contributed by atoms with van der Waals surface area (Å²) in [5.41, 5.74) is -0.210. The zero-order chi connectivity index (χ0) is 24.1. The van der Waals surface area contributed by atoms with E-state index in [2.05, 4.69) is 35.8 Å². The number of aryl methyl sites for hydroxylation is 1. The average molecular weight is 490 g/mol. The minimum Gasteiger partial charge on any atom is -0.395 e. The Kier molecular flexibility index (Phi) is 5.20. The van der Waals surface area contributed by atoms with Gasteiger partial charge in [-0.15, -0.1) is 4.80 Å². The van der Waals surface area contributed by atoms with E-state index in [1.165, 1.54) is 29.9 Å². The van der Waals surface area contributed by atoms with Crippen LogP contribution in [0.15, 0.2) is 30.9 Å². The lowest BCUT2D eigenvalue weighted by Gasteiger charge is -2.18. The molecule has 0 saturated heterocycles. The molecule has 5 rings (SSSR count). The summed E-state index contributed by atoms with van der Waals surface area (Å²) in [4.78, 5) is 26.8. The molecule has 10 nitrogen and oxygen atoms in total. The molecule has 4 aromatic rings. The third kappa shape index (κ3) is 3.94. The van der Waals surface area contributed by atoms with Crippen LogP contribution < -0.4 is 10.6 Å². The van der Waals surface area contributed by atoms with Crippen LogP contribution in [0.25, 0.3) is 16.2 Å². The second-order valence-electron chi connectivity index (χ2n) is 7.86. The van der Waals surface area contributed by atoms with Crippen molar-refractivity contribution >= 4 is 39.1 Å². The number of carbonyl (C=O) groups excluding carboxylic acids is 1. The fourth-order valence-electron chi connectivity index (χ4n) is 3.76. The molecule has 1 aliphatic carbocycles. The Balaban J connectivity index is 1.45. The number of thiazole rings is 1. The van der Waals surface area contributed by atoms with E-state index in [-0.39, 0.29) is 12.3 Å². The Morgan fingerprint density at radius 2 is 1.94 bits per heavy atom. The largest absolute Gasteiger partial charge is 0.420 e. The second kappa shape index (κ2) is 7.99. The summed E-state index contributed by atoms with van der Waals surface area (Å²) in [5.74, 6) is -0.516. The molecule has 176 valence electrons. The number of fused-ring (bicyclic) bond motifs is 1. The molecule has 0 radical (unpaired) electrons. The van der Waals surface area contributed by atoms with Crippen LogP contribution in [-0.2, 0) is 11.6 Å². The van der Waals surface area contributed by atoms with Crippen LogP contribution in [0.5, 0.6) is 0 Å². The molecular weight excluding hydrogens is 473 g/mol. The van der Waals surface area contributed by atoms with Crippen molar-refractivity contribution in [3.63, 3.8) is 0 Å². The molecule has 14 heteroatoms. The fraction of sp³-hybridized carbons (Fsp3) is 0.300. The van der Waals surface area contributed by atoms with Crippen LogP contribution in [0.1, 0.15) is 29.0 Å². The standard InChI is InChI=1S/C20H17F3N8O2S/c1-10-28-15-14(19(9-32)2-3-19)13(8-25-17(15)34-10)30-18(33)29-11-6-12(20(21,22)23)16(24-7-11)31-26-4-5-27-31/h4-8,32H,2-3,9H2,1H3,(H2,29,30,33). The van der Waals surface area contributed by atoms with E-state index in [9.17, 15) is 23.1 Å². The Hall–Kier alpha value is -3.65. The Morgan fingerprint density at radius 1 is 1.21 bits per heavy atom. The average Bonchev–Trinajstić information content (AvgIpc) is 3.19. The summed E-state index contributed by atoms with van der Waals surface area (Å²) in [5, 5.41) is 23.2. The van der Waals surface area contributed by atoms with Gasteiger partial charge >= 0.3 is 12.2 Å². The maximum atomic E-state index is 13.6. The highest BCUT2D eigenvalue weighted by atomic mass is 32.1. The summed E-state index contributed by atoms with van der Waals surface area (Å²) in [6.07, 6.45) is 1.69. The first-order valence-electron chi connectivity index (χ1n) is 10.1. The molecule has 0 spiro atoms. The normalized spacial score (nSPS) is 14.9. The molecule has 1 fully saturated rings. The Morgan fingerprint density at radius 3 is 2.59 bits per heavy atom. The molecule has 1 saturated carbocycles. The number of alkyl halides is 3. The maximum absolute atomic E-state index is 13.6. The molecule has 34 heavy (non-hydrogen) atoms. The smallest absolute Gasteiger partial charge is 0.395 e. The van der Waals surface area contributed by atoms with Gasteiger partial charge in [-0.2, -0.15) is 23.4 Å². The van der Waals surface area contributed by atoms with Gasteiger partial charge in [0.2, 0.25) is 0 Å². The minimum absolute atomic E-state index is 0.124. The first-order valence-corrected chi connectivity index (χ1v) is 10.9. The van der Waals surface area contributed by atoms with Crippen LogP contribution in [0.3, 0.4) is 0 Å². The molecule has 0 atom stereocenters. The summed E-state index contributed by atoms with van der Waals surface area (Å²) in [7, 11) is 0. The fourth-order valence-corrected chi connectivity index (χ4v) is 4.52. The van der Waals surface area contributed by atoms with E-state index in [0.717, 1.165) is 34.9 Å². The van der Waals surface area contributed by atoms with Gasteiger partial charge in [-0.05, 0) is 25.8 Å². The number of rotatable bonds is 5. The van der Waals surface area contributed by atoms with Crippen molar-refractivity contribution in [2.24, 2.45) is 0 Å². The van der Waals surface area contributed by atoms with E-state index in [1.54, 1.807) is 0 Å². The van der Waals surface area contributed by atoms with Gasteiger partial charge in [0.25, 0.3) is 0 Å². The highest BCUT2D eigenvalue weighted by Gasteiger charge is 2.47. The number of anilines is 2. The Bertz CT molecular complexity index is 1380. The first-order chi connectivity index (χ1) is 16.2. The number of urea groups is 1. The van der Waals surface area contributed by atoms with Crippen molar-refractivity contribution in [1.29, 1.82) is 0 Å². The van der Waals surface area contributed by atoms with E-state index in [4.69, 9.17) is 0 Å². The van der Waals surface area contributed by atoms with Crippen molar-refractivity contribution in [2.75, 3.05) is 17.2 Å². The summed E-state index contributed by atoms with van der Waals surface area (Å²) < 4.78 is 40.8. The number of aromatic nitrogens is 6. The van der Waals surface area contributed by atoms with Crippen molar-refractivity contribution in [2.45, 2.75) is 31.4 Å². The van der Waals surface area contributed by atoms with Crippen molar-refractivity contribution in [3.05, 3.63) is 47.0 Å². The predicted molar refractivity (Wildman–Crippen MR) is 117 cm³/mol. The third-order valence-electron chi connectivity index (χ3n) is 5.51. The molecule has 4 heterocycles. The van der Waals surface area contributed by atoms with E-state index in [0.29, 0.717) is 21.6 Å². The highest BCUT2D eigenvalue weighted by molar-refractivity contribution is 7.18. The predicted octanol–water partition coefficient (Wildman–Crippen LogP) is 3.66. The second-order valence-corrected chi connectivity index (χ2v) is 9.04. The molecule has 0 unspecified atom stereocenters. The Labute approximate surface area is 193 Å². The third-order valence-corrected chi connectivity index (χ3v) is 6.38. The number of hydrogen-bond acceptors (Lipinski definition) is 8. The molecule has 0 aromatic carbocycles. The lowest BCUT2D eigenvalue weighted by Crippen LogP contribution is -2.24. The zero-order valence-electron chi connectivity index (χ0n) is 17.6. The van der Waals surface area contributed by atoms with Gasteiger partial charge in [0.05, 0.1) is 47.8 Å². The summed E-state index contributed by atoms with van der Waals surface area (Å²) in [6.45, 7) is 1.71. The van der Waals surface area contributed by atoms with Crippen molar-refractivity contribution in [1.82, 2.24) is 29.9 Å². The van der Waals surface area contributed by atoms with Crippen LogP contribution in [0.4, 0.5) is 29.3 Å². The van der Waals surface area contributed by atoms with E-state index in [1.807, 2.05) is 6.92 Å². The maximum Gasteiger partial charge on any atom is 0.420 e. The quantitative estimate of drug-likeness (QED) is 0.389. The van der Waals surface area contributed by atoms with Crippen molar-refractivity contribution in [3.8, 4) is 5.82 Å². The van der Waals surface area contributed by atoms with Crippen LogP contribution >= 0.6 is 11.3 Å². The van der Waals surface area contributed by atoms with Crippen LogP contribution in [-0.4, -0.2) is 47.7 Å². The minimum atomic E-state index is -4.76. The monoisotopic (exact) mass is 490 g/mol. The van der Waals surface area contributed by atoms with Crippen LogP contribution in [0, 0.1) is 6.92 Å². The number of nitrogens with zero attached hydrogens (tertiary/aromatic N) is 6. The lowest BCUT2D eigenvalue weighted by atomic mass is 9.95. The van der Waals surface area contributed by atoms with Gasteiger partial charge in [-0.3, -0.25) is 0 Å². The van der Waals surface area contributed by atoms with Crippen molar-refractivity contribution < 1.29 is 23.1 Å². The number of hydrogen-bond donors (Lipinski definition) is 3. The molecule has 3 N–H and O–H groups in total. The number of aliphatic hydroxyl groups excluding tert-OH is 1.